The van der Waals surface area contributed by atoms with Crippen LogP contribution in [0.2, 0.25) is 0 Å². The largest absolute Gasteiger partial charge is 0.465 e. The lowest BCUT2D eigenvalue weighted by Gasteiger charge is -2.32. The van der Waals surface area contributed by atoms with Crippen molar-refractivity contribution in [2.75, 3.05) is 13.2 Å². The lowest BCUT2D eigenvalue weighted by Crippen LogP contribution is -2.51. The molecule has 0 aromatic heterocycles. The number of amides is 2. The molecule has 0 radical (unpaired) electrons. The second-order valence-corrected chi connectivity index (χ2v) is 5.01. The van der Waals surface area contributed by atoms with Crippen LogP contribution >= 0.6 is 0 Å². The molecule has 6 nitrogen and oxygen atoms in total. The number of hydrogen-bond donors (Lipinski definition) is 3. The molecule has 3 N–H and O–H groups in total. The summed E-state index contributed by atoms with van der Waals surface area (Å²) < 4.78 is 0. The van der Waals surface area contributed by atoms with Gasteiger partial charge in [0.05, 0.1) is 12.6 Å². The fourth-order valence-electron chi connectivity index (χ4n) is 1.39. The highest BCUT2D eigenvalue weighted by Gasteiger charge is 2.28. The predicted octanol–water partition coefficient (Wildman–Crippen LogP) is 0.818. The van der Waals surface area contributed by atoms with Crippen LogP contribution in [0.3, 0.4) is 0 Å². The second kappa shape index (κ2) is 7.00. The summed E-state index contributed by atoms with van der Waals surface area (Å²) in [4.78, 5) is 23.8. The van der Waals surface area contributed by atoms with Crippen LogP contribution in [0.5, 0.6) is 0 Å². The van der Waals surface area contributed by atoms with Gasteiger partial charge in [0.25, 0.3) is 0 Å². The summed E-state index contributed by atoms with van der Waals surface area (Å²) in [6.07, 6.45) is 0.868. The Morgan fingerprint density at radius 1 is 1.44 bits per heavy atom. The van der Waals surface area contributed by atoms with Crippen molar-refractivity contribution in [3.8, 4) is 0 Å². The quantitative estimate of drug-likeness (QED) is 0.615. The van der Waals surface area contributed by atoms with E-state index in [2.05, 4.69) is 11.9 Å². The Hall–Kier alpha value is -1.56. The number of hydrogen-bond acceptors (Lipinski definition) is 3. The highest BCUT2D eigenvalue weighted by atomic mass is 16.4. The number of rotatable bonds is 6. The third-order valence-corrected chi connectivity index (χ3v) is 2.38. The van der Waals surface area contributed by atoms with E-state index in [9.17, 15) is 9.59 Å². The maximum atomic E-state index is 11.7. The van der Waals surface area contributed by atoms with Gasteiger partial charge in [0, 0.05) is 5.54 Å². The summed E-state index contributed by atoms with van der Waals surface area (Å²) in [6, 6.07) is -0.425. The van der Waals surface area contributed by atoms with Gasteiger partial charge in [-0.2, -0.15) is 0 Å². The maximum Gasteiger partial charge on any atom is 0.408 e. The van der Waals surface area contributed by atoms with Gasteiger partial charge in [-0.25, -0.2) is 4.79 Å². The lowest BCUT2D eigenvalue weighted by atomic mass is 10.1. The Labute approximate surface area is 107 Å². The van der Waals surface area contributed by atoms with E-state index >= 15 is 0 Å². The van der Waals surface area contributed by atoms with E-state index in [1.165, 1.54) is 0 Å². The number of nitrogens with zero attached hydrogens (tertiary/aromatic N) is 1. The van der Waals surface area contributed by atoms with E-state index in [1.54, 1.807) is 26.8 Å². The molecule has 0 fully saturated rings. The summed E-state index contributed by atoms with van der Waals surface area (Å²) in [5.74, 6) is -0.437. The molecule has 0 spiro atoms. The molecule has 0 saturated carbocycles. The van der Waals surface area contributed by atoms with Gasteiger partial charge < -0.3 is 15.5 Å². The van der Waals surface area contributed by atoms with E-state index < -0.39 is 23.6 Å². The number of carbonyl (C=O) groups excluding carboxylic acids is 1. The molecule has 18 heavy (non-hydrogen) atoms. The van der Waals surface area contributed by atoms with Gasteiger partial charge in [0.2, 0.25) is 5.91 Å². The van der Waals surface area contributed by atoms with Crippen LogP contribution in [0.25, 0.3) is 0 Å². The Kier molecular flexibility index (Phi) is 6.40. The van der Waals surface area contributed by atoms with Gasteiger partial charge in [-0.15, -0.1) is 6.58 Å². The molecule has 0 aliphatic rings. The zero-order chi connectivity index (χ0) is 14.3. The molecular weight excluding hydrogens is 236 g/mol. The Morgan fingerprint density at radius 2 is 2.00 bits per heavy atom. The Morgan fingerprint density at radius 3 is 2.33 bits per heavy atom. The van der Waals surface area contributed by atoms with Crippen molar-refractivity contribution in [1.82, 2.24) is 10.2 Å². The summed E-state index contributed by atoms with van der Waals surface area (Å²) >= 11 is 0. The molecule has 6 heteroatoms. The van der Waals surface area contributed by atoms with E-state index in [1.807, 2.05) is 0 Å². The normalized spacial score (nSPS) is 12.7. The molecule has 0 unspecified atom stereocenters. The van der Waals surface area contributed by atoms with Crippen LogP contribution in [0.4, 0.5) is 4.79 Å². The zero-order valence-electron chi connectivity index (χ0n) is 11.1. The summed E-state index contributed by atoms with van der Waals surface area (Å²) in [5, 5.41) is 20.6. The molecule has 0 aliphatic carbocycles. The molecule has 104 valence electrons. The van der Waals surface area contributed by atoms with Crippen LogP contribution in [-0.2, 0) is 4.79 Å². The molecule has 0 bridgehead atoms. The molecule has 0 rings (SSSR count). The average molecular weight is 258 g/mol. The predicted molar refractivity (Wildman–Crippen MR) is 68.3 cm³/mol. The first-order valence-electron chi connectivity index (χ1n) is 5.74. The monoisotopic (exact) mass is 258 g/mol. The van der Waals surface area contributed by atoms with Crippen LogP contribution in [0, 0.1) is 0 Å². The summed E-state index contributed by atoms with van der Waals surface area (Å²) in [6.45, 7) is 8.18. The number of carboxylic acid groups (broad SMARTS) is 1. The Balaban J connectivity index is 4.52. The van der Waals surface area contributed by atoms with Crippen LogP contribution in [0.1, 0.15) is 27.2 Å². The van der Waals surface area contributed by atoms with Gasteiger partial charge >= 0.3 is 6.09 Å². The minimum absolute atomic E-state index is 0.208. The van der Waals surface area contributed by atoms with Gasteiger partial charge in [0.1, 0.15) is 6.54 Å². The summed E-state index contributed by atoms with van der Waals surface area (Å²) in [7, 11) is 0. The van der Waals surface area contributed by atoms with E-state index in [4.69, 9.17) is 10.2 Å². The first-order chi connectivity index (χ1) is 8.22. The molecule has 2 amide bonds. The van der Waals surface area contributed by atoms with E-state index in [0.29, 0.717) is 6.42 Å². The standard InChI is InChI=1S/C12H22N2O4/c1-5-6-9(8-15)13-10(16)7-14(11(17)18)12(2,3)4/h5,9,15H,1,6-8H2,2-4H3,(H,13,16)(H,17,18)/t9-/m0/s1. The van der Waals surface area contributed by atoms with Crippen molar-refractivity contribution in [3.05, 3.63) is 12.7 Å². The van der Waals surface area contributed by atoms with Crippen molar-refractivity contribution in [2.24, 2.45) is 0 Å². The molecule has 0 heterocycles. The smallest absolute Gasteiger partial charge is 0.408 e. The third-order valence-electron chi connectivity index (χ3n) is 2.38. The second-order valence-electron chi connectivity index (χ2n) is 5.01. The van der Waals surface area contributed by atoms with Gasteiger partial charge in [-0.05, 0) is 27.2 Å². The van der Waals surface area contributed by atoms with Crippen LogP contribution < -0.4 is 5.32 Å². The lowest BCUT2D eigenvalue weighted by molar-refractivity contribution is -0.123. The molecule has 0 aromatic rings. The molecular formula is C12H22N2O4. The van der Waals surface area contributed by atoms with Crippen molar-refractivity contribution < 1.29 is 19.8 Å². The van der Waals surface area contributed by atoms with Gasteiger partial charge in [-0.3, -0.25) is 9.69 Å². The number of carbonyl (C=O) groups is 2. The minimum atomic E-state index is -1.15. The van der Waals surface area contributed by atoms with Gasteiger partial charge in [0.15, 0.2) is 0 Å². The fourth-order valence-corrected chi connectivity index (χ4v) is 1.39. The minimum Gasteiger partial charge on any atom is -0.465 e. The van der Waals surface area contributed by atoms with Crippen molar-refractivity contribution >= 4 is 12.0 Å². The van der Waals surface area contributed by atoms with E-state index in [0.717, 1.165) is 4.90 Å². The highest BCUT2D eigenvalue weighted by Crippen LogP contribution is 2.12. The summed E-state index contributed by atoms with van der Waals surface area (Å²) in [5.41, 5.74) is -0.656. The van der Waals surface area contributed by atoms with Crippen molar-refractivity contribution in [1.29, 1.82) is 0 Å². The average Bonchev–Trinajstić information content (AvgIpc) is 2.23. The highest BCUT2D eigenvalue weighted by molar-refractivity contribution is 5.82. The van der Waals surface area contributed by atoms with Gasteiger partial charge in [-0.1, -0.05) is 6.08 Å². The molecule has 1 atom stereocenters. The Bertz CT molecular complexity index is 310. The zero-order valence-corrected chi connectivity index (χ0v) is 11.1. The SMILES string of the molecule is C=CC[C@@H](CO)NC(=O)CN(C(=O)O)C(C)(C)C. The molecule has 0 aromatic carbocycles. The first kappa shape index (κ1) is 16.4. The van der Waals surface area contributed by atoms with Crippen molar-refractivity contribution in [3.63, 3.8) is 0 Å². The van der Waals surface area contributed by atoms with Crippen LogP contribution in [-0.4, -0.2) is 51.8 Å². The number of aliphatic hydroxyl groups is 1. The molecule has 0 aliphatic heterocycles. The molecule has 0 saturated heterocycles. The van der Waals surface area contributed by atoms with Crippen LogP contribution in [0.15, 0.2) is 12.7 Å². The van der Waals surface area contributed by atoms with Crippen molar-refractivity contribution in [2.45, 2.75) is 38.8 Å². The number of aliphatic hydroxyl groups excluding tert-OH is 1. The number of nitrogens with one attached hydrogen (secondary N) is 1. The first-order valence-corrected chi connectivity index (χ1v) is 5.74. The maximum absolute atomic E-state index is 11.7. The topological polar surface area (TPSA) is 89.9 Å². The fraction of sp³-hybridized carbons (Fsp3) is 0.667. The van der Waals surface area contributed by atoms with E-state index in [-0.39, 0.29) is 13.2 Å². The third kappa shape index (κ3) is 5.67.